The number of hydrogen-bond acceptors (Lipinski definition) is 16. The van der Waals surface area contributed by atoms with Gasteiger partial charge in [-0.15, -0.1) is 0 Å². The first kappa shape index (κ1) is 28.2. The molecule has 0 bridgehead atoms. The Bertz CT molecular complexity index is 1560. The number of aromatic nitrogens is 6. The highest BCUT2D eigenvalue weighted by Gasteiger charge is 2.50. The minimum Gasteiger partial charge on any atom is -0.394 e. The predicted octanol–water partition coefficient (Wildman–Crippen LogP) is -4.09. The van der Waals surface area contributed by atoms with Gasteiger partial charge in [-0.2, -0.15) is 9.97 Å². The molecule has 0 amide bonds. The zero-order valence-electron chi connectivity index (χ0n) is 20.2. The summed E-state index contributed by atoms with van der Waals surface area (Å²) in [6.07, 6.45) is -9.84. The molecule has 5 rings (SSSR count). The molecule has 2 fully saturated rings. The fourth-order valence-electron chi connectivity index (χ4n) is 4.42. The van der Waals surface area contributed by atoms with E-state index < -0.39 is 81.4 Å². The van der Waals surface area contributed by atoms with Crippen molar-refractivity contribution in [1.82, 2.24) is 29.1 Å². The molecule has 0 radical (unpaired) electrons. The number of imidazole rings is 1. The van der Waals surface area contributed by atoms with Gasteiger partial charge in [0.2, 0.25) is 5.95 Å². The maximum Gasteiger partial charge on any atom is 0.472 e. The molecular formula is C19H25N8O12P. The van der Waals surface area contributed by atoms with Crippen LogP contribution >= 0.6 is 7.82 Å². The molecule has 3 aromatic heterocycles. The number of anilines is 2. The van der Waals surface area contributed by atoms with Crippen LogP contribution in [-0.2, 0) is 23.1 Å². The van der Waals surface area contributed by atoms with Gasteiger partial charge >= 0.3 is 13.5 Å². The lowest BCUT2D eigenvalue weighted by Gasteiger charge is -2.23. The standard InChI is InChI=1S/C19H25N8O12P/c20-8-1-2-26(19(33)23-8)17-12(31)13(6(3-28)37-17)39-40(34,35)36-4-7-10(29)11(30)16(38-7)27-5-22-9-14(27)24-18(21)25-15(9)32/h1-2,5-7,10-13,16-17,28-31H,3-4H2,(H,34,35)(H2,20,23,33)(H3,21,24,25,32)/t6-,7-,10-,11-,12-,13-,16-,17-/m1/s1. The Morgan fingerprint density at radius 2 is 1.75 bits per heavy atom. The molecule has 2 saturated heterocycles. The summed E-state index contributed by atoms with van der Waals surface area (Å²) in [5, 5.41) is 41.3. The second-order valence-electron chi connectivity index (χ2n) is 8.94. The van der Waals surface area contributed by atoms with Crippen molar-refractivity contribution in [2.45, 2.75) is 49.1 Å². The summed E-state index contributed by atoms with van der Waals surface area (Å²) in [7, 11) is -5.04. The van der Waals surface area contributed by atoms with Crippen molar-refractivity contribution < 1.29 is 48.4 Å². The number of nitrogens with zero attached hydrogens (tertiary/aromatic N) is 5. The van der Waals surface area contributed by atoms with Crippen LogP contribution in [0.2, 0.25) is 0 Å². The van der Waals surface area contributed by atoms with Crippen LogP contribution in [0.15, 0.2) is 28.2 Å². The number of phosphoric ester groups is 1. The van der Waals surface area contributed by atoms with Crippen LogP contribution < -0.4 is 22.7 Å². The topological polar surface area (TPSA) is 306 Å². The number of nitrogens with one attached hydrogen (secondary N) is 1. The Kier molecular flexibility index (Phi) is 7.48. The molecule has 218 valence electrons. The average molecular weight is 588 g/mol. The predicted molar refractivity (Wildman–Crippen MR) is 129 cm³/mol. The minimum absolute atomic E-state index is 0.0505. The van der Waals surface area contributed by atoms with Gasteiger partial charge in [0.1, 0.15) is 42.4 Å². The summed E-state index contributed by atoms with van der Waals surface area (Å²) < 4.78 is 35.7. The zero-order chi connectivity index (χ0) is 28.9. The fraction of sp³-hybridized carbons (Fsp3) is 0.526. The van der Waals surface area contributed by atoms with Crippen molar-refractivity contribution >= 4 is 30.8 Å². The number of hydrogen-bond donors (Lipinski definition) is 8. The van der Waals surface area contributed by atoms with Crippen molar-refractivity contribution in [2.24, 2.45) is 0 Å². The minimum atomic E-state index is -5.04. The first-order valence-corrected chi connectivity index (χ1v) is 13.1. The van der Waals surface area contributed by atoms with Crippen molar-refractivity contribution in [3.63, 3.8) is 0 Å². The Labute approximate surface area is 222 Å². The van der Waals surface area contributed by atoms with Crippen molar-refractivity contribution in [3.8, 4) is 0 Å². The molecule has 10 N–H and O–H groups in total. The van der Waals surface area contributed by atoms with E-state index >= 15 is 0 Å². The van der Waals surface area contributed by atoms with Gasteiger partial charge in [0.15, 0.2) is 23.6 Å². The van der Waals surface area contributed by atoms with Gasteiger partial charge in [-0.05, 0) is 6.07 Å². The number of H-pyrrole nitrogens is 1. The number of nitrogen functional groups attached to an aromatic ring is 2. The molecule has 2 aliphatic rings. The van der Waals surface area contributed by atoms with Gasteiger partial charge < -0.3 is 46.3 Å². The molecule has 9 atom stereocenters. The second kappa shape index (κ2) is 10.6. The van der Waals surface area contributed by atoms with Crippen molar-refractivity contribution in [2.75, 3.05) is 24.7 Å². The number of rotatable bonds is 8. The molecule has 21 heteroatoms. The molecule has 2 aliphatic heterocycles. The number of phosphoric acid groups is 1. The lowest BCUT2D eigenvalue weighted by Crippen LogP contribution is -2.38. The molecule has 0 spiro atoms. The van der Waals surface area contributed by atoms with Crippen LogP contribution in [0.5, 0.6) is 0 Å². The van der Waals surface area contributed by atoms with E-state index in [0.717, 1.165) is 15.5 Å². The molecule has 40 heavy (non-hydrogen) atoms. The normalized spacial score (nSPS) is 32.0. The summed E-state index contributed by atoms with van der Waals surface area (Å²) in [6.45, 7) is -1.56. The number of ether oxygens (including phenoxy) is 2. The number of nitrogens with two attached hydrogens (primary N) is 2. The van der Waals surface area contributed by atoms with Gasteiger partial charge in [0, 0.05) is 6.20 Å². The molecule has 1 unspecified atom stereocenters. The van der Waals surface area contributed by atoms with E-state index in [2.05, 4.69) is 19.9 Å². The number of aromatic amines is 1. The maximum absolute atomic E-state index is 12.7. The lowest BCUT2D eigenvalue weighted by atomic mass is 10.1. The maximum atomic E-state index is 12.7. The van der Waals surface area contributed by atoms with Crippen LogP contribution in [-0.4, -0.2) is 104 Å². The van der Waals surface area contributed by atoms with E-state index in [-0.39, 0.29) is 22.9 Å². The van der Waals surface area contributed by atoms with E-state index in [1.165, 1.54) is 12.3 Å². The Morgan fingerprint density at radius 3 is 2.45 bits per heavy atom. The first-order chi connectivity index (χ1) is 18.9. The third kappa shape index (κ3) is 5.12. The molecule has 20 nitrogen and oxygen atoms in total. The number of aliphatic hydroxyl groups excluding tert-OH is 4. The highest BCUT2D eigenvalue weighted by molar-refractivity contribution is 7.47. The quantitative estimate of drug-likeness (QED) is 0.116. The average Bonchev–Trinajstić information content (AvgIpc) is 3.53. The van der Waals surface area contributed by atoms with Gasteiger partial charge in [0.05, 0.1) is 19.5 Å². The highest BCUT2D eigenvalue weighted by Crippen LogP contribution is 2.49. The van der Waals surface area contributed by atoms with E-state index in [1.54, 1.807) is 0 Å². The van der Waals surface area contributed by atoms with Crippen molar-refractivity contribution in [1.29, 1.82) is 0 Å². The monoisotopic (exact) mass is 588 g/mol. The van der Waals surface area contributed by atoms with Gasteiger partial charge in [-0.3, -0.25) is 28.0 Å². The summed E-state index contributed by atoms with van der Waals surface area (Å²) in [4.78, 5) is 48.1. The van der Waals surface area contributed by atoms with Crippen LogP contribution in [0.1, 0.15) is 12.5 Å². The zero-order valence-corrected chi connectivity index (χ0v) is 21.1. The smallest absolute Gasteiger partial charge is 0.394 e. The fourth-order valence-corrected chi connectivity index (χ4v) is 5.39. The van der Waals surface area contributed by atoms with E-state index in [9.17, 15) is 39.5 Å². The van der Waals surface area contributed by atoms with Crippen molar-refractivity contribution in [3.05, 3.63) is 39.4 Å². The Morgan fingerprint density at radius 1 is 1.05 bits per heavy atom. The van der Waals surface area contributed by atoms with Gasteiger partial charge in [-0.1, -0.05) is 0 Å². The first-order valence-electron chi connectivity index (χ1n) is 11.6. The van der Waals surface area contributed by atoms with E-state index in [4.69, 9.17) is 30.0 Å². The largest absolute Gasteiger partial charge is 0.472 e. The van der Waals surface area contributed by atoms with E-state index in [1.807, 2.05) is 0 Å². The van der Waals surface area contributed by atoms with Crippen LogP contribution in [0, 0.1) is 0 Å². The molecule has 0 aromatic carbocycles. The van der Waals surface area contributed by atoms with Gasteiger partial charge in [-0.25, -0.2) is 14.3 Å². The molecule has 0 saturated carbocycles. The van der Waals surface area contributed by atoms with Crippen LogP contribution in [0.3, 0.4) is 0 Å². The number of fused-ring (bicyclic) bond motifs is 1. The summed E-state index contributed by atoms with van der Waals surface area (Å²) in [6, 6.07) is 1.25. The molecule has 3 aromatic rings. The van der Waals surface area contributed by atoms with Gasteiger partial charge in [0.25, 0.3) is 5.56 Å². The Hall–Kier alpha value is -3.30. The second-order valence-corrected chi connectivity index (χ2v) is 10.3. The van der Waals surface area contributed by atoms with Crippen LogP contribution in [0.25, 0.3) is 11.2 Å². The lowest BCUT2D eigenvalue weighted by molar-refractivity contribution is -0.0594. The van der Waals surface area contributed by atoms with Crippen LogP contribution in [0.4, 0.5) is 11.8 Å². The highest BCUT2D eigenvalue weighted by atomic mass is 31.2. The molecule has 5 heterocycles. The van der Waals surface area contributed by atoms with E-state index in [0.29, 0.717) is 0 Å². The summed E-state index contributed by atoms with van der Waals surface area (Å²) in [5.74, 6) is -0.322. The summed E-state index contributed by atoms with van der Waals surface area (Å²) in [5.41, 5.74) is 9.32. The number of aliphatic hydroxyl groups is 4. The SMILES string of the molecule is Nc1ccn([C@@H]2O[C@H](CO)[C@@H](OP(=O)(O)OC[C@H]3O[C@@H](n4cnc5c(=O)[nH]c(N)nc54)[C@H](O)[C@@H]3O)[C@H]2O)c(=O)n1. The molecular weight excluding hydrogens is 563 g/mol. The Balaban J connectivity index is 1.27. The third-order valence-electron chi connectivity index (χ3n) is 6.33. The molecule has 0 aliphatic carbocycles. The third-order valence-corrected chi connectivity index (χ3v) is 7.32. The summed E-state index contributed by atoms with van der Waals surface area (Å²) >= 11 is 0.